The molecule has 0 aliphatic heterocycles. The maximum absolute atomic E-state index is 4.10. The lowest BCUT2D eigenvalue weighted by atomic mass is 10.1. The molecule has 5 heteroatoms. The molecule has 0 spiro atoms. The molecule has 0 aliphatic carbocycles. The van der Waals surface area contributed by atoms with Crippen molar-refractivity contribution in [1.29, 1.82) is 0 Å². The summed E-state index contributed by atoms with van der Waals surface area (Å²) in [6.45, 7) is 13.7. The van der Waals surface area contributed by atoms with Crippen LogP contribution in [-0.2, 0) is 5.54 Å². The summed E-state index contributed by atoms with van der Waals surface area (Å²) in [6, 6.07) is 0.177. The van der Waals surface area contributed by atoms with E-state index in [1.165, 1.54) is 0 Å². The van der Waals surface area contributed by atoms with Crippen molar-refractivity contribution in [3.05, 3.63) is 5.82 Å². The van der Waals surface area contributed by atoms with Gasteiger partial charge < -0.3 is 5.32 Å². The number of hydrogen-bond donors (Lipinski definition) is 1. The fraction of sp³-hybridized carbons (Fsp3) is 0.909. The highest BCUT2D eigenvalue weighted by molar-refractivity contribution is 4.93. The zero-order chi connectivity index (χ0) is 12.3. The Balaban J connectivity index is 2.76. The second-order valence-corrected chi connectivity index (χ2v) is 5.64. The molecule has 1 N–H and O–H groups in total. The van der Waals surface area contributed by atoms with Crippen LogP contribution in [0.5, 0.6) is 0 Å². The fourth-order valence-corrected chi connectivity index (χ4v) is 1.45. The summed E-state index contributed by atoms with van der Waals surface area (Å²) in [6.07, 6.45) is 0. The van der Waals surface area contributed by atoms with E-state index in [0.717, 1.165) is 12.4 Å². The van der Waals surface area contributed by atoms with Gasteiger partial charge in [-0.1, -0.05) is 13.8 Å². The van der Waals surface area contributed by atoms with E-state index in [1.807, 2.05) is 4.68 Å². The molecule has 0 aromatic carbocycles. The van der Waals surface area contributed by atoms with E-state index in [1.54, 1.807) is 0 Å². The van der Waals surface area contributed by atoms with Gasteiger partial charge >= 0.3 is 0 Å². The molecule has 1 aromatic rings. The molecule has 1 unspecified atom stereocenters. The van der Waals surface area contributed by atoms with Crippen molar-refractivity contribution in [1.82, 2.24) is 25.5 Å². The summed E-state index contributed by atoms with van der Waals surface area (Å²) in [7, 11) is 0. The average molecular weight is 225 g/mol. The second-order valence-electron chi connectivity index (χ2n) is 5.64. The Morgan fingerprint density at radius 1 is 1.25 bits per heavy atom. The van der Waals surface area contributed by atoms with Crippen molar-refractivity contribution in [2.45, 2.75) is 53.1 Å². The average Bonchev–Trinajstić information content (AvgIpc) is 2.61. The van der Waals surface area contributed by atoms with Gasteiger partial charge in [0.15, 0.2) is 5.82 Å². The van der Waals surface area contributed by atoms with Gasteiger partial charge in [0.05, 0.1) is 11.6 Å². The first-order valence-corrected chi connectivity index (χ1v) is 5.84. The largest absolute Gasteiger partial charge is 0.307 e. The highest BCUT2D eigenvalue weighted by Crippen LogP contribution is 2.17. The zero-order valence-corrected chi connectivity index (χ0v) is 11.2. The molecule has 0 aliphatic rings. The van der Waals surface area contributed by atoms with Crippen LogP contribution in [0.3, 0.4) is 0 Å². The van der Waals surface area contributed by atoms with Crippen molar-refractivity contribution in [3.8, 4) is 0 Å². The number of rotatable bonds is 4. The third-order valence-electron chi connectivity index (χ3n) is 2.35. The topological polar surface area (TPSA) is 55.6 Å². The highest BCUT2D eigenvalue weighted by atomic mass is 15.6. The quantitative estimate of drug-likeness (QED) is 0.848. The molecule has 92 valence electrons. The summed E-state index contributed by atoms with van der Waals surface area (Å²) in [4.78, 5) is 0. The smallest absolute Gasteiger partial charge is 0.168 e. The van der Waals surface area contributed by atoms with Gasteiger partial charge in [-0.05, 0) is 50.6 Å². The SMILES string of the molecule is CC(C)CNC(C)c1nnnn1C(C)(C)C. The number of hydrogen-bond acceptors (Lipinski definition) is 4. The van der Waals surface area contributed by atoms with Crippen molar-refractivity contribution in [2.75, 3.05) is 6.54 Å². The standard InChI is InChI=1S/C11H23N5/c1-8(2)7-12-9(3)10-13-14-15-16(10)11(4,5)6/h8-9,12H,7H2,1-6H3. The number of tetrazole rings is 1. The molecule has 0 amide bonds. The van der Waals surface area contributed by atoms with Gasteiger partial charge in [0.2, 0.25) is 0 Å². The van der Waals surface area contributed by atoms with Crippen LogP contribution in [0.4, 0.5) is 0 Å². The first-order valence-electron chi connectivity index (χ1n) is 5.84. The Kier molecular flexibility index (Phi) is 4.02. The minimum absolute atomic E-state index is 0.0768. The van der Waals surface area contributed by atoms with Gasteiger partial charge in [-0.3, -0.25) is 0 Å². The van der Waals surface area contributed by atoms with Crippen LogP contribution in [0.15, 0.2) is 0 Å². The van der Waals surface area contributed by atoms with Crippen molar-refractivity contribution >= 4 is 0 Å². The molecule has 1 aromatic heterocycles. The summed E-state index contributed by atoms with van der Waals surface area (Å²) >= 11 is 0. The molecule has 1 heterocycles. The summed E-state index contributed by atoms with van der Waals surface area (Å²) < 4.78 is 1.88. The molecule has 0 saturated heterocycles. The van der Waals surface area contributed by atoms with Crippen LogP contribution in [0, 0.1) is 5.92 Å². The lowest BCUT2D eigenvalue weighted by Gasteiger charge is -2.23. The Labute approximate surface area is 97.6 Å². The third kappa shape index (κ3) is 3.27. The van der Waals surface area contributed by atoms with E-state index in [9.17, 15) is 0 Å². The number of nitrogens with one attached hydrogen (secondary N) is 1. The molecule has 0 bridgehead atoms. The predicted molar refractivity (Wildman–Crippen MR) is 64.1 cm³/mol. The first kappa shape index (κ1) is 13.1. The Morgan fingerprint density at radius 2 is 1.88 bits per heavy atom. The van der Waals surface area contributed by atoms with Crippen LogP contribution in [0.2, 0.25) is 0 Å². The summed E-state index contributed by atoms with van der Waals surface area (Å²) in [5.74, 6) is 1.52. The minimum atomic E-state index is -0.0768. The molecule has 5 nitrogen and oxygen atoms in total. The van der Waals surface area contributed by atoms with E-state index in [4.69, 9.17) is 0 Å². The van der Waals surface area contributed by atoms with Crippen LogP contribution in [0.25, 0.3) is 0 Å². The highest BCUT2D eigenvalue weighted by Gasteiger charge is 2.22. The Hall–Kier alpha value is -0.970. The molecule has 0 radical (unpaired) electrons. The normalized spacial score (nSPS) is 14.4. The maximum atomic E-state index is 4.10. The molecular formula is C11H23N5. The summed E-state index contributed by atoms with van der Waals surface area (Å²) in [5.41, 5.74) is -0.0768. The van der Waals surface area contributed by atoms with Gasteiger partial charge in [0, 0.05) is 0 Å². The maximum Gasteiger partial charge on any atom is 0.168 e. The van der Waals surface area contributed by atoms with Gasteiger partial charge in [0.1, 0.15) is 0 Å². The van der Waals surface area contributed by atoms with E-state index < -0.39 is 0 Å². The fourth-order valence-electron chi connectivity index (χ4n) is 1.45. The summed E-state index contributed by atoms with van der Waals surface area (Å²) in [5, 5.41) is 15.3. The van der Waals surface area contributed by atoms with Crippen LogP contribution >= 0.6 is 0 Å². The molecular weight excluding hydrogens is 202 g/mol. The van der Waals surface area contributed by atoms with E-state index in [2.05, 4.69) is 62.4 Å². The monoisotopic (exact) mass is 225 g/mol. The third-order valence-corrected chi connectivity index (χ3v) is 2.35. The zero-order valence-electron chi connectivity index (χ0n) is 11.2. The van der Waals surface area contributed by atoms with Gasteiger partial charge in [0.25, 0.3) is 0 Å². The minimum Gasteiger partial charge on any atom is -0.307 e. The Bertz CT molecular complexity index is 323. The van der Waals surface area contributed by atoms with Gasteiger partial charge in [-0.2, -0.15) is 0 Å². The number of nitrogens with zero attached hydrogens (tertiary/aromatic N) is 4. The molecule has 0 fully saturated rings. The van der Waals surface area contributed by atoms with Crippen molar-refractivity contribution in [2.24, 2.45) is 5.92 Å². The van der Waals surface area contributed by atoms with Crippen LogP contribution < -0.4 is 5.32 Å². The van der Waals surface area contributed by atoms with Gasteiger partial charge in [-0.15, -0.1) is 5.10 Å². The predicted octanol–water partition coefficient (Wildman–Crippen LogP) is 1.73. The Morgan fingerprint density at radius 3 is 2.38 bits per heavy atom. The lowest BCUT2D eigenvalue weighted by Crippen LogP contribution is -2.31. The van der Waals surface area contributed by atoms with Crippen LogP contribution in [-0.4, -0.2) is 26.8 Å². The molecule has 1 atom stereocenters. The van der Waals surface area contributed by atoms with E-state index in [0.29, 0.717) is 5.92 Å². The molecule has 0 saturated carbocycles. The lowest BCUT2D eigenvalue weighted by molar-refractivity contribution is 0.320. The van der Waals surface area contributed by atoms with Crippen molar-refractivity contribution in [3.63, 3.8) is 0 Å². The number of aromatic nitrogens is 4. The van der Waals surface area contributed by atoms with Crippen molar-refractivity contribution < 1.29 is 0 Å². The first-order chi connectivity index (χ1) is 7.32. The van der Waals surface area contributed by atoms with Gasteiger partial charge in [-0.25, -0.2) is 4.68 Å². The van der Waals surface area contributed by atoms with E-state index in [-0.39, 0.29) is 11.6 Å². The molecule has 1 rings (SSSR count). The van der Waals surface area contributed by atoms with Crippen LogP contribution in [0.1, 0.15) is 53.4 Å². The second kappa shape index (κ2) is 4.91. The molecule has 16 heavy (non-hydrogen) atoms. The van der Waals surface area contributed by atoms with E-state index >= 15 is 0 Å².